The largest absolute Gasteiger partial charge is 0.466 e. The van der Waals surface area contributed by atoms with E-state index < -0.39 is 5.97 Å². The number of nitrogens with one attached hydrogen (secondary N) is 1. The van der Waals surface area contributed by atoms with E-state index in [-0.39, 0.29) is 5.56 Å². The highest BCUT2D eigenvalue weighted by molar-refractivity contribution is 7.07. The molecule has 0 bridgehead atoms. The summed E-state index contributed by atoms with van der Waals surface area (Å²) >= 11 is 1.12. The van der Waals surface area contributed by atoms with E-state index in [0.717, 1.165) is 17.4 Å². The molecule has 0 fully saturated rings. The van der Waals surface area contributed by atoms with E-state index in [2.05, 4.69) is 16.3 Å². The lowest BCUT2D eigenvalue weighted by Gasteiger charge is -1.85. The Morgan fingerprint density at radius 1 is 1.75 bits per heavy atom. The van der Waals surface area contributed by atoms with Gasteiger partial charge in [-0.2, -0.15) is 0 Å². The van der Waals surface area contributed by atoms with Gasteiger partial charge in [0.1, 0.15) is 4.53 Å². The highest BCUT2D eigenvalue weighted by Gasteiger charge is 1.96. The van der Waals surface area contributed by atoms with E-state index >= 15 is 0 Å². The van der Waals surface area contributed by atoms with Crippen LogP contribution >= 0.6 is 11.3 Å². The zero-order chi connectivity index (χ0) is 9.14. The summed E-state index contributed by atoms with van der Waals surface area (Å²) in [6.45, 7) is 3.53. The number of hydrogen-bond donors (Lipinski definition) is 1. The molecule has 1 heterocycles. The predicted molar refractivity (Wildman–Crippen MR) is 46.2 cm³/mol. The fraction of sp³-hybridized carbons (Fsp3) is 0.143. The second kappa shape index (κ2) is 3.36. The summed E-state index contributed by atoms with van der Waals surface area (Å²) in [5, 5.41) is 0. The van der Waals surface area contributed by atoms with E-state index in [0.29, 0.717) is 9.20 Å². The first kappa shape index (κ1) is 8.73. The molecule has 0 spiro atoms. The Labute approximate surface area is 71.8 Å². The van der Waals surface area contributed by atoms with Gasteiger partial charge in [0.2, 0.25) is 0 Å². The first-order valence-corrected chi connectivity index (χ1v) is 3.93. The highest BCUT2D eigenvalue weighted by atomic mass is 32.1. The lowest BCUT2D eigenvalue weighted by atomic mass is 10.6. The Balaban J connectivity index is 3.28. The van der Waals surface area contributed by atoms with Crippen molar-refractivity contribution in [2.75, 3.05) is 7.11 Å². The molecule has 1 rings (SSSR count). The van der Waals surface area contributed by atoms with Crippen molar-refractivity contribution < 1.29 is 9.53 Å². The van der Waals surface area contributed by atoms with Crippen molar-refractivity contribution in [2.24, 2.45) is 0 Å². The Morgan fingerprint density at radius 2 is 2.42 bits per heavy atom. The second-order valence-electron chi connectivity index (χ2n) is 2.01. The fourth-order valence-corrected chi connectivity index (χ4v) is 1.36. The van der Waals surface area contributed by atoms with Crippen LogP contribution in [0.15, 0.2) is 4.79 Å². The third-order valence-electron chi connectivity index (χ3n) is 1.16. The number of thiazole rings is 1. The van der Waals surface area contributed by atoms with Gasteiger partial charge < -0.3 is 9.72 Å². The smallest absolute Gasteiger partial charge is 0.332 e. The fourth-order valence-electron chi connectivity index (χ4n) is 0.654. The van der Waals surface area contributed by atoms with E-state index in [9.17, 15) is 9.59 Å². The zero-order valence-electron chi connectivity index (χ0n) is 6.42. The minimum Gasteiger partial charge on any atom is -0.466 e. The molecule has 0 unspecified atom stereocenters. The number of ether oxygens (including phenoxy) is 1. The lowest BCUT2D eigenvalue weighted by Crippen LogP contribution is -2.21. The summed E-state index contributed by atoms with van der Waals surface area (Å²) in [5.41, 5.74) is -0.310. The molecule has 12 heavy (non-hydrogen) atoms. The molecule has 1 N–H and O–H groups in total. The van der Waals surface area contributed by atoms with Crippen LogP contribution in [-0.2, 0) is 9.53 Å². The number of H-pyrrole nitrogens is 1. The van der Waals surface area contributed by atoms with Gasteiger partial charge in [-0.05, 0) is 0 Å². The molecule has 4 nitrogen and oxygen atoms in total. The highest BCUT2D eigenvalue weighted by Crippen LogP contribution is 1.74. The molecule has 0 aliphatic heterocycles. The van der Waals surface area contributed by atoms with Crippen molar-refractivity contribution in [1.29, 1.82) is 0 Å². The number of methoxy groups -OCH3 is 1. The number of esters is 1. The molecule has 0 aliphatic carbocycles. The lowest BCUT2D eigenvalue weighted by molar-refractivity contribution is -0.133. The van der Waals surface area contributed by atoms with Gasteiger partial charge in [0.15, 0.2) is 0 Å². The van der Waals surface area contributed by atoms with Gasteiger partial charge >= 0.3 is 5.97 Å². The van der Waals surface area contributed by atoms with Crippen LogP contribution in [0.25, 0.3) is 12.7 Å². The molecule has 64 valence electrons. The summed E-state index contributed by atoms with van der Waals surface area (Å²) in [4.78, 5) is 24.1. The van der Waals surface area contributed by atoms with Gasteiger partial charge in [-0.15, -0.1) is 11.3 Å². The maximum absolute atomic E-state index is 11.0. The van der Waals surface area contributed by atoms with E-state index in [1.165, 1.54) is 7.11 Å². The number of carbonyl (C=O) groups is 1. The van der Waals surface area contributed by atoms with Gasteiger partial charge in [0.25, 0.3) is 5.56 Å². The van der Waals surface area contributed by atoms with Gasteiger partial charge in [-0.25, -0.2) is 4.79 Å². The quantitative estimate of drug-likeness (QED) is 0.559. The minimum atomic E-state index is -0.539. The number of carbonyl (C=O) groups excluding carboxylic acids is 1. The van der Waals surface area contributed by atoms with Crippen molar-refractivity contribution in [3.05, 3.63) is 19.5 Å². The third kappa shape index (κ3) is 1.82. The van der Waals surface area contributed by atoms with Gasteiger partial charge in [0.05, 0.1) is 11.8 Å². The van der Waals surface area contributed by atoms with Crippen LogP contribution in [0.2, 0.25) is 0 Å². The van der Waals surface area contributed by atoms with Crippen LogP contribution in [0.1, 0.15) is 0 Å². The van der Waals surface area contributed by atoms with Crippen molar-refractivity contribution in [2.45, 2.75) is 0 Å². The Bertz CT molecular complexity index is 442. The number of aromatic nitrogens is 1. The molecule has 0 saturated carbocycles. The Morgan fingerprint density at radius 3 is 2.83 bits per heavy atom. The molecular weight excluding hydrogens is 178 g/mol. The van der Waals surface area contributed by atoms with E-state index in [1.807, 2.05) is 0 Å². The SMILES string of the molecule is C=c1[nH]c(=O)/c(=C/C(=O)OC)s1. The minimum absolute atomic E-state index is 0.310. The third-order valence-corrected chi connectivity index (χ3v) is 2.03. The standard InChI is InChI=1S/C7H7NO3S/c1-4-8-7(10)5(12-4)3-6(9)11-2/h3H,1H2,2H3,(H,8,10)/b5-3-. The first-order valence-electron chi connectivity index (χ1n) is 3.11. The van der Waals surface area contributed by atoms with Gasteiger partial charge in [-0.1, -0.05) is 6.58 Å². The Hall–Kier alpha value is -1.36. The topological polar surface area (TPSA) is 59.2 Å². The maximum Gasteiger partial charge on any atom is 0.332 e. The number of aromatic amines is 1. The van der Waals surface area contributed by atoms with Crippen LogP contribution in [0.5, 0.6) is 0 Å². The molecule has 1 aromatic heterocycles. The molecule has 0 atom stereocenters. The zero-order valence-corrected chi connectivity index (χ0v) is 7.23. The average Bonchev–Trinajstić information content (AvgIpc) is 2.30. The van der Waals surface area contributed by atoms with E-state index in [4.69, 9.17) is 0 Å². The van der Waals surface area contributed by atoms with Crippen LogP contribution < -0.4 is 14.8 Å². The average molecular weight is 185 g/mol. The normalized spacial score (nSPS) is 11.6. The second-order valence-corrected chi connectivity index (χ2v) is 3.15. The first-order chi connectivity index (χ1) is 5.63. The molecular formula is C7H7NO3S. The van der Waals surface area contributed by atoms with Crippen molar-refractivity contribution >= 4 is 30.0 Å². The number of hydrogen-bond acceptors (Lipinski definition) is 4. The predicted octanol–water partition coefficient (Wildman–Crippen LogP) is -1.20. The summed E-state index contributed by atoms with van der Waals surface area (Å²) in [5.74, 6) is -0.539. The number of rotatable bonds is 1. The van der Waals surface area contributed by atoms with Crippen molar-refractivity contribution in [3.8, 4) is 0 Å². The molecule has 0 saturated heterocycles. The molecule has 0 radical (unpaired) electrons. The van der Waals surface area contributed by atoms with Crippen LogP contribution in [0.3, 0.4) is 0 Å². The summed E-state index contributed by atoms with van der Waals surface area (Å²) in [6, 6.07) is 0. The van der Waals surface area contributed by atoms with Crippen molar-refractivity contribution in [3.63, 3.8) is 0 Å². The summed E-state index contributed by atoms with van der Waals surface area (Å²) in [6.07, 6.45) is 1.14. The van der Waals surface area contributed by atoms with E-state index in [1.54, 1.807) is 0 Å². The van der Waals surface area contributed by atoms with Gasteiger partial charge in [-0.3, -0.25) is 4.79 Å². The molecule has 1 aromatic rings. The monoisotopic (exact) mass is 185 g/mol. The maximum atomic E-state index is 11.0. The van der Waals surface area contributed by atoms with Crippen LogP contribution in [0, 0.1) is 0 Å². The van der Waals surface area contributed by atoms with Gasteiger partial charge in [0, 0.05) is 6.08 Å². The summed E-state index contributed by atoms with van der Waals surface area (Å²) < 4.78 is 5.19. The Kier molecular flexibility index (Phi) is 2.44. The molecule has 0 amide bonds. The summed E-state index contributed by atoms with van der Waals surface area (Å²) in [7, 11) is 1.26. The van der Waals surface area contributed by atoms with Crippen LogP contribution in [0.4, 0.5) is 0 Å². The molecule has 0 aromatic carbocycles. The molecule has 0 aliphatic rings. The molecule has 5 heteroatoms. The van der Waals surface area contributed by atoms with Crippen molar-refractivity contribution in [1.82, 2.24) is 4.98 Å². The van der Waals surface area contributed by atoms with Crippen LogP contribution in [-0.4, -0.2) is 18.1 Å².